The zero-order chi connectivity index (χ0) is 26.6. The lowest BCUT2D eigenvalue weighted by molar-refractivity contribution is -0.142. The number of aryl methyl sites for hydroxylation is 2. The van der Waals surface area contributed by atoms with E-state index in [0.29, 0.717) is 29.2 Å². The smallest absolute Gasteiger partial charge is 0.250 e. The molecule has 2 aromatic carbocycles. The summed E-state index contributed by atoms with van der Waals surface area (Å²) in [7, 11) is 3.08. The molecule has 10 nitrogen and oxygen atoms in total. The number of fused-ring (bicyclic) bond motifs is 4. The van der Waals surface area contributed by atoms with Crippen LogP contribution in [0, 0.1) is 25.7 Å². The molecule has 2 saturated heterocycles. The number of benzene rings is 2. The fraction of sp³-hybridized carbons (Fsp3) is 0.407. The van der Waals surface area contributed by atoms with E-state index in [1.807, 2.05) is 32.0 Å². The van der Waals surface area contributed by atoms with Crippen molar-refractivity contribution in [2.24, 2.45) is 17.6 Å². The molecule has 4 N–H and O–H groups in total. The summed E-state index contributed by atoms with van der Waals surface area (Å²) in [5.74, 6) is -2.61. The minimum absolute atomic E-state index is 0.126. The summed E-state index contributed by atoms with van der Waals surface area (Å²) in [4.78, 5) is 54.3. The number of anilines is 1. The topological polar surface area (TPSA) is 140 Å². The van der Waals surface area contributed by atoms with Crippen LogP contribution in [0.15, 0.2) is 30.3 Å². The predicted molar refractivity (Wildman–Crippen MR) is 134 cm³/mol. The molecule has 37 heavy (non-hydrogen) atoms. The first-order valence-electron chi connectivity index (χ1n) is 12.2. The number of rotatable bonds is 7. The number of carbonyl (C=O) groups is 4. The normalized spacial score (nSPS) is 25.9. The second-order valence-electron chi connectivity index (χ2n) is 9.96. The Bertz CT molecular complexity index is 1340. The van der Waals surface area contributed by atoms with Crippen LogP contribution in [0.1, 0.15) is 28.7 Å². The molecule has 3 heterocycles. The Kier molecular flexibility index (Phi) is 5.94. The Morgan fingerprint density at radius 3 is 2.46 bits per heavy atom. The van der Waals surface area contributed by atoms with Gasteiger partial charge in [0, 0.05) is 30.3 Å². The highest BCUT2D eigenvalue weighted by molar-refractivity contribution is 6.15. The van der Waals surface area contributed by atoms with Gasteiger partial charge in [0.25, 0.3) is 0 Å². The molecule has 0 aliphatic carbocycles. The van der Waals surface area contributed by atoms with E-state index in [0.717, 1.165) is 16.7 Å². The highest BCUT2D eigenvalue weighted by Gasteiger charge is 2.70. The number of nitrogens with zero attached hydrogens (tertiary/aromatic N) is 1. The van der Waals surface area contributed by atoms with E-state index in [1.165, 1.54) is 12.0 Å². The van der Waals surface area contributed by atoms with E-state index in [-0.39, 0.29) is 13.0 Å². The van der Waals surface area contributed by atoms with Crippen LogP contribution < -0.4 is 25.8 Å². The number of carbonyl (C=O) groups excluding carboxylic acids is 4. The van der Waals surface area contributed by atoms with Crippen LogP contribution in [0.2, 0.25) is 0 Å². The molecule has 4 amide bonds. The van der Waals surface area contributed by atoms with Crippen LogP contribution in [0.4, 0.5) is 5.69 Å². The minimum atomic E-state index is -1.46. The zero-order valence-electron chi connectivity index (χ0n) is 21.2. The van der Waals surface area contributed by atoms with Crippen molar-refractivity contribution in [3.05, 3.63) is 52.6 Å². The van der Waals surface area contributed by atoms with E-state index in [9.17, 15) is 19.2 Å². The Morgan fingerprint density at radius 1 is 1.05 bits per heavy atom. The molecule has 0 bridgehead atoms. The predicted octanol–water partition coefficient (Wildman–Crippen LogP) is 1.16. The minimum Gasteiger partial charge on any atom is -0.493 e. The monoisotopic (exact) mass is 506 g/mol. The molecule has 0 radical (unpaired) electrons. The van der Waals surface area contributed by atoms with Gasteiger partial charge in [-0.3, -0.25) is 29.4 Å². The number of imide groups is 1. The number of primary amides is 1. The van der Waals surface area contributed by atoms with Crippen LogP contribution in [0.5, 0.6) is 11.5 Å². The SMILES string of the molecule is COc1ccc(CCN2C(=O)[C@@H]3[C@@H](CC(N)=O)N[C@@]4(C(=O)Nc5c(C)cc(C)cc54)[C@H]3C2=O)cc1OC. The second kappa shape index (κ2) is 8.88. The summed E-state index contributed by atoms with van der Waals surface area (Å²) in [6.45, 7) is 3.92. The van der Waals surface area contributed by atoms with Gasteiger partial charge in [-0.25, -0.2) is 0 Å². The first kappa shape index (κ1) is 24.8. The van der Waals surface area contributed by atoms with Crippen molar-refractivity contribution >= 4 is 29.3 Å². The Labute approximate surface area is 214 Å². The van der Waals surface area contributed by atoms with E-state index in [2.05, 4.69) is 10.6 Å². The summed E-state index contributed by atoms with van der Waals surface area (Å²) in [5, 5.41) is 6.15. The lowest BCUT2D eigenvalue weighted by Gasteiger charge is -2.29. The average molecular weight is 507 g/mol. The Balaban J connectivity index is 1.51. The molecule has 0 aromatic heterocycles. The van der Waals surface area contributed by atoms with Gasteiger partial charge in [0.15, 0.2) is 11.5 Å². The highest BCUT2D eigenvalue weighted by atomic mass is 16.5. The van der Waals surface area contributed by atoms with E-state index >= 15 is 0 Å². The molecule has 0 unspecified atom stereocenters. The summed E-state index contributed by atoms with van der Waals surface area (Å²) in [6.07, 6.45) is 0.220. The van der Waals surface area contributed by atoms with Gasteiger partial charge in [0.05, 0.1) is 26.1 Å². The van der Waals surface area contributed by atoms with Crippen molar-refractivity contribution in [2.75, 3.05) is 26.1 Å². The maximum Gasteiger partial charge on any atom is 0.250 e. The third-order valence-corrected chi connectivity index (χ3v) is 7.75. The molecule has 4 atom stereocenters. The fourth-order valence-corrected chi connectivity index (χ4v) is 6.21. The molecular formula is C27H30N4O6. The first-order chi connectivity index (χ1) is 17.6. The molecule has 3 aliphatic rings. The van der Waals surface area contributed by atoms with Gasteiger partial charge >= 0.3 is 0 Å². The molecule has 10 heteroatoms. The number of ether oxygens (including phenoxy) is 2. The summed E-state index contributed by atoms with van der Waals surface area (Å²) < 4.78 is 10.6. The van der Waals surface area contributed by atoms with Crippen molar-refractivity contribution in [1.82, 2.24) is 10.2 Å². The lowest BCUT2D eigenvalue weighted by Crippen LogP contribution is -2.53. The maximum atomic E-state index is 13.9. The van der Waals surface area contributed by atoms with Crippen molar-refractivity contribution < 1.29 is 28.7 Å². The molecule has 5 rings (SSSR count). The molecular weight excluding hydrogens is 476 g/mol. The lowest BCUT2D eigenvalue weighted by atomic mass is 9.76. The number of methoxy groups -OCH3 is 2. The quantitative estimate of drug-likeness (QED) is 0.479. The number of hydrogen-bond donors (Lipinski definition) is 3. The molecule has 2 fully saturated rings. The van der Waals surface area contributed by atoms with Crippen molar-refractivity contribution in [3.8, 4) is 11.5 Å². The van der Waals surface area contributed by atoms with Crippen molar-refractivity contribution in [3.63, 3.8) is 0 Å². The summed E-state index contributed by atoms with van der Waals surface area (Å²) >= 11 is 0. The average Bonchev–Trinajstić information content (AvgIpc) is 3.42. The van der Waals surface area contributed by atoms with Gasteiger partial charge in [0.2, 0.25) is 23.6 Å². The summed E-state index contributed by atoms with van der Waals surface area (Å²) in [6, 6.07) is 8.48. The van der Waals surface area contributed by atoms with Crippen molar-refractivity contribution in [2.45, 2.75) is 38.3 Å². The number of amides is 4. The van der Waals surface area contributed by atoms with Crippen LogP contribution in [-0.4, -0.2) is 55.3 Å². The Hall–Kier alpha value is -3.92. The summed E-state index contributed by atoms with van der Waals surface area (Å²) in [5.41, 5.74) is 7.94. The number of nitrogens with one attached hydrogen (secondary N) is 2. The number of nitrogens with two attached hydrogens (primary N) is 1. The van der Waals surface area contributed by atoms with Gasteiger partial charge < -0.3 is 20.5 Å². The molecule has 1 spiro atoms. The van der Waals surface area contributed by atoms with E-state index in [4.69, 9.17) is 15.2 Å². The van der Waals surface area contributed by atoms with Crippen LogP contribution in [0.25, 0.3) is 0 Å². The van der Waals surface area contributed by atoms with Gasteiger partial charge in [0.1, 0.15) is 5.54 Å². The highest BCUT2D eigenvalue weighted by Crippen LogP contribution is 2.54. The maximum absolute atomic E-state index is 13.9. The van der Waals surface area contributed by atoms with Gasteiger partial charge in [-0.05, 0) is 43.5 Å². The standard InChI is InChI=1S/C27H30N4O6/c1-13-9-14(2)23-16(10-13)27(26(35)29-23)22-21(17(30-27)12-20(28)32)24(33)31(25(22)34)8-7-15-5-6-18(36-3)19(11-15)37-4/h5-6,9-11,17,21-22,30H,7-8,12H2,1-4H3,(H2,28,32)(H,29,35)/t17-,21-,22-,27-/m1/s1. The molecule has 2 aromatic rings. The van der Waals surface area contributed by atoms with E-state index in [1.54, 1.807) is 19.2 Å². The number of hydrogen-bond acceptors (Lipinski definition) is 7. The van der Waals surface area contributed by atoms with Gasteiger partial charge in [-0.2, -0.15) is 0 Å². The third kappa shape index (κ3) is 3.66. The largest absolute Gasteiger partial charge is 0.493 e. The van der Waals surface area contributed by atoms with Gasteiger partial charge in [-0.1, -0.05) is 23.8 Å². The third-order valence-electron chi connectivity index (χ3n) is 7.75. The van der Waals surface area contributed by atoms with Crippen LogP contribution in [0.3, 0.4) is 0 Å². The van der Waals surface area contributed by atoms with Crippen molar-refractivity contribution in [1.29, 1.82) is 0 Å². The Morgan fingerprint density at radius 2 is 1.78 bits per heavy atom. The number of likely N-dealkylation sites (tertiary alicyclic amines) is 1. The van der Waals surface area contributed by atoms with Crippen LogP contribution in [-0.2, 0) is 31.1 Å². The molecule has 194 valence electrons. The molecule has 3 aliphatic heterocycles. The fourth-order valence-electron chi connectivity index (χ4n) is 6.21. The van der Waals surface area contributed by atoms with E-state index < -0.39 is 47.0 Å². The first-order valence-corrected chi connectivity index (χ1v) is 12.2. The van der Waals surface area contributed by atoms with Crippen LogP contribution >= 0.6 is 0 Å². The second-order valence-corrected chi connectivity index (χ2v) is 9.96. The van der Waals surface area contributed by atoms with Gasteiger partial charge in [-0.15, -0.1) is 0 Å². The zero-order valence-corrected chi connectivity index (χ0v) is 21.2. The molecule has 0 saturated carbocycles.